The fourth-order valence-corrected chi connectivity index (χ4v) is 6.32. The van der Waals surface area contributed by atoms with Crippen molar-refractivity contribution in [1.29, 1.82) is 0 Å². The van der Waals surface area contributed by atoms with Gasteiger partial charge in [0.1, 0.15) is 11.3 Å². The lowest BCUT2D eigenvalue weighted by molar-refractivity contribution is 0.365. The van der Waals surface area contributed by atoms with Gasteiger partial charge in [0, 0.05) is 12.3 Å². The average molecular weight is 422 g/mol. The lowest BCUT2D eigenvalue weighted by Gasteiger charge is -2.23. The van der Waals surface area contributed by atoms with Crippen LogP contribution in [0.1, 0.15) is 0 Å². The molecule has 0 unspecified atom stereocenters. The van der Waals surface area contributed by atoms with E-state index in [-0.39, 0.29) is 22.7 Å². The third kappa shape index (κ3) is 3.23. The highest BCUT2D eigenvalue weighted by Crippen LogP contribution is 2.30. The summed E-state index contributed by atoms with van der Waals surface area (Å²) in [5.74, 6) is 1.89. The van der Waals surface area contributed by atoms with Gasteiger partial charge in [-0.2, -0.15) is 14.3 Å². The van der Waals surface area contributed by atoms with Crippen molar-refractivity contribution in [1.82, 2.24) is 23.8 Å². The van der Waals surface area contributed by atoms with E-state index in [1.165, 1.54) is 11.4 Å². The van der Waals surface area contributed by atoms with Crippen LogP contribution in [-0.2, 0) is 16.6 Å². The number of rotatable bonds is 5. The van der Waals surface area contributed by atoms with E-state index in [4.69, 9.17) is 16.2 Å². The summed E-state index contributed by atoms with van der Waals surface area (Å²) in [5, 5.41) is 0. The van der Waals surface area contributed by atoms with E-state index in [9.17, 15) is 8.42 Å². The Morgan fingerprint density at radius 1 is 1.25 bits per heavy atom. The van der Waals surface area contributed by atoms with Gasteiger partial charge in [-0.25, -0.2) is 13.4 Å². The number of benzene rings is 1. The van der Waals surface area contributed by atoms with Crippen LogP contribution in [0, 0.1) is 0 Å². The van der Waals surface area contributed by atoms with Crippen LogP contribution < -0.4 is 16.2 Å². The number of fused-ring (bicyclic) bond motifs is 1. The second-order valence-electron chi connectivity index (χ2n) is 6.26. The predicted molar refractivity (Wildman–Crippen MR) is 107 cm³/mol. The van der Waals surface area contributed by atoms with Gasteiger partial charge in [0.2, 0.25) is 16.0 Å². The first-order chi connectivity index (χ1) is 13.4. The molecule has 2 aromatic heterocycles. The van der Waals surface area contributed by atoms with Crippen LogP contribution >= 0.6 is 11.8 Å². The van der Waals surface area contributed by atoms with E-state index in [1.54, 1.807) is 46.9 Å². The number of aromatic nitrogens is 4. The zero-order chi connectivity index (χ0) is 19.9. The van der Waals surface area contributed by atoms with Gasteiger partial charge in [-0.05, 0) is 24.3 Å². The number of hydrogen-bond acceptors (Lipinski definition) is 9. The van der Waals surface area contributed by atoms with Gasteiger partial charge in [0.05, 0.1) is 30.3 Å². The number of nitrogens with two attached hydrogens (primary N) is 2. The van der Waals surface area contributed by atoms with Crippen LogP contribution in [0.3, 0.4) is 0 Å². The van der Waals surface area contributed by atoms with E-state index in [2.05, 4.69) is 15.0 Å². The van der Waals surface area contributed by atoms with Crippen molar-refractivity contribution < 1.29 is 13.2 Å². The molecule has 0 bridgehead atoms. The Kier molecular flexibility index (Phi) is 4.77. The first-order valence-corrected chi connectivity index (χ1v) is 11.0. The third-order valence-electron chi connectivity index (χ3n) is 4.52. The molecular formula is C16H19N7O3S2. The number of nitrogen functional groups attached to an aromatic ring is 2. The lowest BCUT2D eigenvalue weighted by atomic mass is 10.3. The number of methoxy groups -OCH3 is 1. The monoisotopic (exact) mass is 421 g/mol. The maximum Gasteiger partial charge on any atom is 0.244 e. The Morgan fingerprint density at radius 3 is 2.71 bits per heavy atom. The van der Waals surface area contributed by atoms with Crippen LogP contribution in [0.2, 0.25) is 0 Å². The number of hydrogen-bond donors (Lipinski definition) is 2. The van der Waals surface area contributed by atoms with Gasteiger partial charge in [-0.3, -0.25) is 0 Å². The molecule has 12 heteroatoms. The highest BCUT2D eigenvalue weighted by atomic mass is 32.2. The summed E-state index contributed by atoms with van der Waals surface area (Å²) in [6.45, 7) is 0.384. The summed E-state index contributed by atoms with van der Waals surface area (Å²) in [4.78, 5) is 12.6. The van der Waals surface area contributed by atoms with E-state index < -0.39 is 10.0 Å². The molecule has 1 aliphatic heterocycles. The predicted octanol–water partition coefficient (Wildman–Crippen LogP) is 0.763. The minimum Gasteiger partial charge on any atom is -0.497 e. The fraction of sp³-hybridized carbons (Fsp3) is 0.312. The molecule has 1 aromatic carbocycles. The minimum absolute atomic E-state index is 0.0512. The standard InChI is InChI=1S/C16H19N7O3S2/c1-26-11-2-4-12(5-3-11)28(24,25)23-9-27-7-10(23)6-22-8-19-13-14(17)20-16(18)21-15(13)22/h2-5,8,10H,6-7,9H2,1H3,(H4,17,18,20,21)/t10-/m0/s1. The summed E-state index contributed by atoms with van der Waals surface area (Å²) < 4.78 is 34.6. The first-order valence-electron chi connectivity index (χ1n) is 8.37. The number of imidazole rings is 1. The van der Waals surface area contributed by atoms with Crippen molar-refractivity contribution in [2.45, 2.75) is 17.5 Å². The third-order valence-corrected chi connectivity index (χ3v) is 7.67. The highest BCUT2D eigenvalue weighted by Gasteiger charge is 2.36. The SMILES string of the molecule is COc1ccc(S(=O)(=O)N2CSC[C@@H]2Cn2cnc3c(N)nc(N)nc32)cc1. The largest absolute Gasteiger partial charge is 0.497 e. The molecule has 1 fully saturated rings. The summed E-state index contributed by atoms with van der Waals surface area (Å²) in [7, 11) is -2.11. The molecule has 0 amide bonds. The Morgan fingerprint density at radius 2 is 2.00 bits per heavy atom. The molecule has 3 heterocycles. The van der Waals surface area contributed by atoms with Gasteiger partial charge < -0.3 is 20.8 Å². The van der Waals surface area contributed by atoms with Crippen LogP contribution in [-0.4, -0.2) is 57.0 Å². The van der Waals surface area contributed by atoms with Gasteiger partial charge in [0.25, 0.3) is 0 Å². The van der Waals surface area contributed by atoms with Gasteiger partial charge in [0.15, 0.2) is 11.5 Å². The smallest absolute Gasteiger partial charge is 0.244 e. The minimum atomic E-state index is -3.64. The van der Waals surface area contributed by atoms with Gasteiger partial charge in [-0.15, -0.1) is 11.8 Å². The molecule has 1 atom stereocenters. The number of sulfonamides is 1. The summed E-state index contributed by atoms with van der Waals surface area (Å²) >= 11 is 1.56. The zero-order valence-electron chi connectivity index (χ0n) is 15.0. The first kappa shape index (κ1) is 18.8. The Bertz CT molecular complexity index is 1120. The number of anilines is 2. The second kappa shape index (κ2) is 7.11. The van der Waals surface area contributed by atoms with Crippen molar-refractivity contribution in [2.75, 3.05) is 30.2 Å². The molecule has 4 rings (SSSR count). The summed E-state index contributed by atoms with van der Waals surface area (Å²) in [6, 6.07) is 6.12. The number of nitrogens with zero attached hydrogens (tertiary/aromatic N) is 5. The molecule has 3 aromatic rings. The highest BCUT2D eigenvalue weighted by molar-refractivity contribution is 8.00. The van der Waals surface area contributed by atoms with E-state index >= 15 is 0 Å². The van der Waals surface area contributed by atoms with Crippen molar-refractivity contribution in [2.24, 2.45) is 0 Å². The molecular weight excluding hydrogens is 402 g/mol. The van der Waals surface area contributed by atoms with Crippen LogP contribution in [0.25, 0.3) is 11.2 Å². The summed E-state index contributed by atoms with van der Waals surface area (Å²) in [5.41, 5.74) is 12.5. The van der Waals surface area contributed by atoms with Crippen LogP contribution in [0.4, 0.5) is 11.8 Å². The van der Waals surface area contributed by atoms with Crippen molar-refractivity contribution in [3.8, 4) is 5.75 Å². The van der Waals surface area contributed by atoms with E-state index in [1.807, 2.05) is 0 Å². The Hall–Kier alpha value is -2.57. The zero-order valence-corrected chi connectivity index (χ0v) is 16.7. The van der Waals surface area contributed by atoms with Gasteiger partial charge in [-0.1, -0.05) is 0 Å². The maximum absolute atomic E-state index is 13.1. The van der Waals surface area contributed by atoms with E-state index in [0.29, 0.717) is 35.1 Å². The molecule has 0 spiro atoms. The molecule has 0 aliphatic carbocycles. The Labute approximate surface area is 166 Å². The lowest BCUT2D eigenvalue weighted by Crippen LogP contribution is -2.39. The number of ether oxygens (including phenoxy) is 1. The summed E-state index contributed by atoms with van der Waals surface area (Å²) in [6.07, 6.45) is 1.58. The number of thioether (sulfide) groups is 1. The van der Waals surface area contributed by atoms with Crippen molar-refractivity contribution >= 4 is 44.7 Å². The normalized spacial score (nSPS) is 18.0. The molecule has 1 saturated heterocycles. The fourth-order valence-electron chi connectivity index (χ4n) is 3.10. The van der Waals surface area contributed by atoms with Crippen molar-refractivity contribution in [3.63, 3.8) is 0 Å². The van der Waals surface area contributed by atoms with Crippen LogP contribution in [0.5, 0.6) is 5.75 Å². The molecule has 0 radical (unpaired) electrons. The molecule has 10 nitrogen and oxygen atoms in total. The second-order valence-corrected chi connectivity index (χ2v) is 9.15. The van der Waals surface area contributed by atoms with Crippen molar-refractivity contribution in [3.05, 3.63) is 30.6 Å². The topological polar surface area (TPSA) is 142 Å². The molecule has 4 N–H and O–H groups in total. The molecule has 148 valence electrons. The molecule has 28 heavy (non-hydrogen) atoms. The molecule has 1 aliphatic rings. The average Bonchev–Trinajstić information content (AvgIpc) is 3.30. The van der Waals surface area contributed by atoms with E-state index in [0.717, 1.165) is 0 Å². The van der Waals surface area contributed by atoms with Gasteiger partial charge >= 0.3 is 0 Å². The van der Waals surface area contributed by atoms with Crippen LogP contribution in [0.15, 0.2) is 35.5 Å². The Balaban J connectivity index is 1.63. The molecule has 0 saturated carbocycles. The quantitative estimate of drug-likeness (QED) is 0.610. The maximum atomic E-state index is 13.1.